The van der Waals surface area contributed by atoms with E-state index in [0.717, 1.165) is 27.1 Å². The fraction of sp³-hybridized carbons (Fsp3) is 0.350. The molecule has 0 radical (unpaired) electrons. The Labute approximate surface area is 156 Å². The lowest BCUT2D eigenvalue weighted by Gasteiger charge is -2.38. The number of nitrogens with one attached hydrogen (secondary N) is 1. The van der Waals surface area contributed by atoms with Crippen molar-refractivity contribution in [2.45, 2.75) is 38.3 Å². The van der Waals surface area contributed by atoms with Crippen LogP contribution < -0.4 is 14.8 Å². The highest BCUT2D eigenvalue weighted by molar-refractivity contribution is 9.10. The van der Waals surface area contributed by atoms with Gasteiger partial charge in [0.15, 0.2) is 0 Å². The van der Waals surface area contributed by atoms with Crippen LogP contribution in [0.15, 0.2) is 46.9 Å². The van der Waals surface area contributed by atoms with Gasteiger partial charge in [-0.25, -0.2) is 0 Å². The van der Waals surface area contributed by atoms with E-state index < -0.39 is 0 Å². The van der Waals surface area contributed by atoms with Gasteiger partial charge in [-0.1, -0.05) is 28.1 Å². The molecule has 132 valence electrons. The van der Waals surface area contributed by atoms with Crippen molar-refractivity contribution in [3.05, 3.63) is 58.1 Å². The molecule has 5 heteroatoms. The largest absolute Gasteiger partial charge is 0.497 e. The van der Waals surface area contributed by atoms with Crippen LogP contribution in [0.3, 0.4) is 0 Å². The van der Waals surface area contributed by atoms with Crippen molar-refractivity contribution in [1.29, 1.82) is 0 Å². The van der Waals surface area contributed by atoms with E-state index in [1.165, 1.54) is 0 Å². The smallest absolute Gasteiger partial charge is 0.224 e. The maximum Gasteiger partial charge on any atom is 0.224 e. The van der Waals surface area contributed by atoms with Crippen molar-refractivity contribution in [2.24, 2.45) is 0 Å². The summed E-state index contributed by atoms with van der Waals surface area (Å²) in [6.45, 7) is 4.07. The molecule has 0 aromatic heterocycles. The van der Waals surface area contributed by atoms with E-state index in [4.69, 9.17) is 9.47 Å². The Kier molecular flexibility index (Phi) is 5.04. The summed E-state index contributed by atoms with van der Waals surface area (Å²) in [6.07, 6.45) is 1.05. The molecule has 25 heavy (non-hydrogen) atoms. The molecule has 1 unspecified atom stereocenters. The number of hydrogen-bond donors (Lipinski definition) is 1. The molecule has 1 amide bonds. The Hall–Kier alpha value is -2.01. The number of rotatable bonds is 4. The third-order valence-corrected chi connectivity index (χ3v) is 4.76. The van der Waals surface area contributed by atoms with E-state index in [2.05, 4.69) is 21.2 Å². The van der Waals surface area contributed by atoms with E-state index >= 15 is 0 Å². The number of halogens is 1. The van der Waals surface area contributed by atoms with Gasteiger partial charge in [0.25, 0.3) is 0 Å². The average Bonchev–Trinajstić information content (AvgIpc) is 2.53. The normalized spacial score (nSPS) is 18.0. The second-order valence-corrected chi connectivity index (χ2v) is 7.81. The Bertz CT molecular complexity index is 788. The van der Waals surface area contributed by atoms with Gasteiger partial charge in [0.1, 0.15) is 17.1 Å². The number of methoxy groups -OCH3 is 1. The molecule has 1 atom stereocenters. The van der Waals surface area contributed by atoms with Crippen molar-refractivity contribution in [2.75, 3.05) is 7.11 Å². The number of ether oxygens (including phenoxy) is 2. The molecule has 1 aliphatic heterocycles. The van der Waals surface area contributed by atoms with Crippen molar-refractivity contribution in [3.8, 4) is 11.5 Å². The maximum absolute atomic E-state index is 12.6. The lowest BCUT2D eigenvalue weighted by Crippen LogP contribution is -2.41. The predicted octanol–water partition coefficient (Wildman–Crippen LogP) is 4.42. The zero-order valence-corrected chi connectivity index (χ0v) is 16.2. The topological polar surface area (TPSA) is 47.6 Å². The van der Waals surface area contributed by atoms with Gasteiger partial charge in [-0.05, 0) is 49.7 Å². The molecule has 1 N–H and O–H groups in total. The Morgan fingerprint density at radius 3 is 2.84 bits per heavy atom. The van der Waals surface area contributed by atoms with Gasteiger partial charge >= 0.3 is 0 Å². The Balaban J connectivity index is 1.80. The first-order valence-corrected chi connectivity index (χ1v) is 9.06. The lowest BCUT2D eigenvalue weighted by molar-refractivity contribution is -0.121. The van der Waals surface area contributed by atoms with Gasteiger partial charge in [0.2, 0.25) is 5.91 Å². The SMILES string of the molecule is COc1ccc2c(c1)C(NC(=O)Cc1cccc(Br)c1)CC(C)(C)O2. The summed E-state index contributed by atoms with van der Waals surface area (Å²) < 4.78 is 12.3. The fourth-order valence-corrected chi connectivity index (χ4v) is 3.61. The van der Waals surface area contributed by atoms with Crippen molar-refractivity contribution in [1.82, 2.24) is 5.32 Å². The molecule has 3 rings (SSSR count). The summed E-state index contributed by atoms with van der Waals surface area (Å²) in [4.78, 5) is 12.6. The van der Waals surface area contributed by atoms with Crippen molar-refractivity contribution < 1.29 is 14.3 Å². The van der Waals surface area contributed by atoms with Crippen molar-refractivity contribution in [3.63, 3.8) is 0 Å². The summed E-state index contributed by atoms with van der Waals surface area (Å²) in [5, 5.41) is 3.16. The second kappa shape index (κ2) is 7.08. The first-order valence-electron chi connectivity index (χ1n) is 8.27. The molecule has 1 aliphatic rings. The number of benzene rings is 2. The van der Waals surface area contributed by atoms with Gasteiger partial charge in [-0.15, -0.1) is 0 Å². The molecule has 0 aliphatic carbocycles. The fourth-order valence-electron chi connectivity index (χ4n) is 3.17. The van der Waals surface area contributed by atoms with Crippen LogP contribution in [0, 0.1) is 0 Å². The van der Waals surface area contributed by atoms with E-state index in [1.807, 2.05) is 56.3 Å². The molecular weight excluding hydrogens is 382 g/mol. The summed E-state index contributed by atoms with van der Waals surface area (Å²) in [6, 6.07) is 13.4. The number of carbonyl (C=O) groups is 1. The molecule has 4 nitrogen and oxygen atoms in total. The van der Waals surface area contributed by atoms with Crippen LogP contribution in [0.2, 0.25) is 0 Å². The van der Waals surface area contributed by atoms with Crippen LogP contribution >= 0.6 is 15.9 Å². The predicted molar refractivity (Wildman–Crippen MR) is 101 cm³/mol. The summed E-state index contributed by atoms with van der Waals surface area (Å²) in [7, 11) is 1.64. The molecule has 0 spiro atoms. The van der Waals surface area contributed by atoms with Crippen LogP contribution in [0.5, 0.6) is 11.5 Å². The number of carbonyl (C=O) groups excluding carboxylic acids is 1. The van der Waals surface area contributed by atoms with Crippen LogP contribution in [0.1, 0.15) is 37.4 Å². The molecule has 2 aromatic carbocycles. The second-order valence-electron chi connectivity index (χ2n) is 6.90. The number of hydrogen-bond acceptors (Lipinski definition) is 3. The van der Waals surface area contributed by atoms with Crippen molar-refractivity contribution >= 4 is 21.8 Å². The molecular formula is C20H22BrNO3. The molecule has 0 saturated carbocycles. The first-order chi connectivity index (χ1) is 11.9. The van der Waals surface area contributed by atoms with E-state index in [0.29, 0.717) is 12.8 Å². The Morgan fingerprint density at radius 1 is 1.32 bits per heavy atom. The van der Waals surface area contributed by atoms with Gasteiger partial charge in [0, 0.05) is 16.5 Å². The number of fused-ring (bicyclic) bond motifs is 1. The zero-order valence-electron chi connectivity index (χ0n) is 14.6. The third-order valence-electron chi connectivity index (χ3n) is 4.26. The van der Waals surface area contributed by atoms with Gasteiger partial charge in [-0.3, -0.25) is 4.79 Å². The highest BCUT2D eigenvalue weighted by Gasteiger charge is 2.34. The molecule has 0 bridgehead atoms. The first kappa shape index (κ1) is 17.8. The molecule has 0 fully saturated rings. The highest BCUT2D eigenvalue weighted by Crippen LogP contribution is 2.41. The van der Waals surface area contributed by atoms with Crippen LogP contribution in [0.25, 0.3) is 0 Å². The van der Waals surface area contributed by atoms with Gasteiger partial charge in [0.05, 0.1) is 19.6 Å². The van der Waals surface area contributed by atoms with E-state index in [-0.39, 0.29) is 17.6 Å². The molecule has 2 aromatic rings. The van der Waals surface area contributed by atoms with Crippen LogP contribution in [-0.4, -0.2) is 18.6 Å². The quantitative estimate of drug-likeness (QED) is 0.821. The minimum Gasteiger partial charge on any atom is -0.497 e. The summed E-state index contributed by atoms with van der Waals surface area (Å²) >= 11 is 3.44. The summed E-state index contributed by atoms with van der Waals surface area (Å²) in [5.74, 6) is 1.55. The monoisotopic (exact) mass is 403 g/mol. The molecule has 0 saturated heterocycles. The van der Waals surface area contributed by atoms with Gasteiger partial charge in [-0.2, -0.15) is 0 Å². The zero-order chi connectivity index (χ0) is 18.0. The highest BCUT2D eigenvalue weighted by atomic mass is 79.9. The average molecular weight is 404 g/mol. The van der Waals surface area contributed by atoms with Gasteiger partial charge < -0.3 is 14.8 Å². The summed E-state index contributed by atoms with van der Waals surface area (Å²) in [5.41, 5.74) is 1.60. The third kappa shape index (κ3) is 4.34. The minimum atomic E-state index is -0.338. The van der Waals surface area contributed by atoms with Crippen LogP contribution in [-0.2, 0) is 11.2 Å². The Morgan fingerprint density at radius 2 is 2.12 bits per heavy atom. The molecule has 1 heterocycles. The van der Waals surface area contributed by atoms with E-state index in [1.54, 1.807) is 7.11 Å². The lowest BCUT2D eigenvalue weighted by atomic mass is 9.89. The maximum atomic E-state index is 12.6. The van der Waals surface area contributed by atoms with E-state index in [9.17, 15) is 4.79 Å². The van der Waals surface area contributed by atoms with Crippen LogP contribution in [0.4, 0.5) is 0 Å². The number of amides is 1. The minimum absolute atomic E-state index is 0.00503. The standard InChI is InChI=1S/C20H22BrNO3/c1-20(2)12-17(16-11-15(24-3)7-8-18(16)25-20)22-19(23)10-13-5-4-6-14(21)9-13/h4-9,11,17H,10,12H2,1-3H3,(H,22,23).